The van der Waals surface area contributed by atoms with Gasteiger partial charge in [-0.1, -0.05) is 39.7 Å². The standard InChI is InChI=1S/C14H12BrClFN/c1-18-8-10-3-2-9(6-13(10)16)12-7-11(15)4-5-14(12)17/h2-7,18H,8H2,1H3. The molecule has 2 rings (SSSR count). The van der Waals surface area contributed by atoms with Crippen molar-refractivity contribution in [1.82, 2.24) is 5.32 Å². The largest absolute Gasteiger partial charge is 0.316 e. The molecule has 0 atom stereocenters. The van der Waals surface area contributed by atoms with Crippen molar-refractivity contribution in [3.63, 3.8) is 0 Å². The second-order valence-electron chi connectivity index (χ2n) is 3.96. The zero-order valence-electron chi connectivity index (χ0n) is 9.81. The Kier molecular flexibility index (Phi) is 4.38. The Morgan fingerprint density at radius 2 is 2.00 bits per heavy atom. The number of benzene rings is 2. The smallest absolute Gasteiger partial charge is 0.131 e. The Morgan fingerprint density at radius 3 is 2.67 bits per heavy atom. The van der Waals surface area contributed by atoms with E-state index in [0.29, 0.717) is 17.1 Å². The first-order valence-corrected chi connectivity index (χ1v) is 6.67. The van der Waals surface area contributed by atoms with Crippen molar-refractivity contribution in [2.45, 2.75) is 6.54 Å². The maximum atomic E-state index is 13.8. The Bertz CT molecular complexity index is 572. The molecular weight excluding hydrogens is 317 g/mol. The maximum Gasteiger partial charge on any atom is 0.131 e. The SMILES string of the molecule is CNCc1ccc(-c2cc(Br)ccc2F)cc1Cl. The second-order valence-corrected chi connectivity index (χ2v) is 5.28. The summed E-state index contributed by atoms with van der Waals surface area (Å²) in [5.41, 5.74) is 2.32. The first-order chi connectivity index (χ1) is 8.61. The van der Waals surface area contributed by atoms with Crippen molar-refractivity contribution in [3.8, 4) is 11.1 Å². The van der Waals surface area contributed by atoms with Crippen LogP contribution in [0.25, 0.3) is 11.1 Å². The number of hydrogen-bond acceptors (Lipinski definition) is 1. The van der Waals surface area contributed by atoms with Crippen LogP contribution >= 0.6 is 27.5 Å². The van der Waals surface area contributed by atoms with Gasteiger partial charge in [-0.15, -0.1) is 0 Å². The lowest BCUT2D eigenvalue weighted by Gasteiger charge is -2.08. The van der Waals surface area contributed by atoms with Crippen LogP contribution in [0.5, 0.6) is 0 Å². The number of nitrogens with one attached hydrogen (secondary N) is 1. The van der Waals surface area contributed by atoms with Crippen LogP contribution in [0.4, 0.5) is 4.39 Å². The minimum atomic E-state index is -0.254. The van der Waals surface area contributed by atoms with Crippen LogP contribution in [-0.2, 0) is 6.54 Å². The van der Waals surface area contributed by atoms with Crippen LogP contribution in [0.3, 0.4) is 0 Å². The third kappa shape index (κ3) is 2.91. The highest BCUT2D eigenvalue weighted by atomic mass is 79.9. The van der Waals surface area contributed by atoms with Gasteiger partial charge >= 0.3 is 0 Å². The first kappa shape index (κ1) is 13.5. The molecule has 0 saturated heterocycles. The molecule has 0 unspecified atom stereocenters. The molecule has 0 aliphatic carbocycles. The van der Waals surface area contributed by atoms with Gasteiger partial charge in [0.1, 0.15) is 5.82 Å². The van der Waals surface area contributed by atoms with Gasteiger partial charge in [-0.2, -0.15) is 0 Å². The van der Waals surface area contributed by atoms with Crippen molar-refractivity contribution in [2.75, 3.05) is 7.05 Å². The molecule has 94 valence electrons. The van der Waals surface area contributed by atoms with Gasteiger partial charge in [-0.25, -0.2) is 4.39 Å². The van der Waals surface area contributed by atoms with Crippen LogP contribution in [-0.4, -0.2) is 7.05 Å². The van der Waals surface area contributed by atoms with Crippen LogP contribution in [0.2, 0.25) is 5.02 Å². The Balaban J connectivity index is 2.45. The zero-order chi connectivity index (χ0) is 13.1. The lowest BCUT2D eigenvalue weighted by atomic mass is 10.0. The van der Waals surface area contributed by atoms with Crippen molar-refractivity contribution in [2.24, 2.45) is 0 Å². The second kappa shape index (κ2) is 5.83. The molecule has 0 radical (unpaired) electrons. The summed E-state index contributed by atoms with van der Waals surface area (Å²) < 4.78 is 14.6. The Labute approximate surface area is 119 Å². The fraction of sp³-hybridized carbons (Fsp3) is 0.143. The van der Waals surface area contributed by atoms with E-state index in [-0.39, 0.29) is 5.82 Å². The molecule has 0 saturated carbocycles. The van der Waals surface area contributed by atoms with E-state index in [0.717, 1.165) is 15.6 Å². The molecule has 0 fully saturated rings. The molecule has 2 aromatic carbocycles. The number of hydrogen-bond donors (Lipinski definition) is 1. The van der Waals surface area contributed by atoms with Gasteiger partial charge in [-0.05, 0) is 42.4 Å². The lowest BCUT2D eigenvalue weighted by Crippen LogP contribution is -2.05. The molecule has 1 N–H and O–H groups in total. The highest BCUT2D eigenvalue weighted by Gasteiger charge is 2.08. The average molecular weight is 329 g/mol. The van der Waals surface area contributed by atoms with E-state index in [1.165, 1.54) is 6.07 Å². The molecule has 18 heavy (non-hydrogen) atoms. The van der Waals surface area contributed by atoms with Crippen molar-refractivity contribution in [3.05, 3.63) is 57.3 Å². The van der Waals surface area contributed by atoms with E-state index in [4.69, 9.17) is 11.6 Å². The lowest BCUT2D eigenvalue weighted by molar-refractivity contribution is 0.631. The monoisotopic (exact) mass is 327 g/mol. The summed E-state index contributed by atoms with van der Waals surface area (Å²) in [6.07, 6.45) is 0. The van der Waals surface area contributed by atoms with E-state index in [2.05, 4.69) is 21.2 Å². The molecule has 0 spiro atoms. The van der Waals surface area contributed by atoms with Crippen molar-refractivity contribution < 1.29 is 4.39 Å². The predicted octanol–water partition coefficient (Wildman–Crippen LogP) is 4.63. The normalized spacial score (nSPS) is 10.7. The van der Waals surface area contributed by atoms with E-state index >= 15 is 0 Å². The van der Waals surface area contributed by atoms with E-state index in [1.54, 1.807) is 18.2 Å². The minimum absolute atomic E-state index is 0.254. The molecule has 2 aromatic rings. The molecule has 0 aliphatic heterocycles. The molecule has 1 nitrogen and oxygen atoms in total. The topological polar surface area (TPSA) is 12.0 Å². The number of halogens is 3. The van der Waals surface area contributed by atoms with Crippen LogP contribution in [0, 0.1) is 5.82 Å². The third-order valence-corrected chi connectivity index (χ3v) is 3.50. The van der Waals surface area contributed by atoms with Crippen LogP contribution < -0.4 is 5.32 Å². The van der Waals surface area contributed by atoms with E-state index in [1.807, 2.05) is 19.2 Å². The summed E-state index contributed by atoms with van der Waals surface area (Å²) in [7, 11) is 1.86. The molecular formula is C14H12BrClFN. The quantitative estimate of drug-likeness (QED) is 0.866. The van der Waals surface area contributed by atoms with Gasteiger partial charge in [0.25, 0.3) is 0 Å². The van der Waals surface area contributed by atoms with Crippen molar-refractivity contribution >= 4 is 27.5 Å². The summed E-state index contributed by atoms with van der Waals surface area (Å²) in [6.45, 7) is 0.695. The summed E-state index contributed by atoms with van der Waals surface area (Å²) in [4.78, 5) is 0. The Morgan fingerprint density at radius 1 is 1.22 bits per heavy atom. The molecule has 0 amide bonds. The fourth-order valence-electron chi connectivity index (χ4n) is 1.77. The maximum absolute atomic E-state index is 13.8. The third-order valence-electron chi connectivity index (χ3n) is 2.66. The fourth-order valence-corrected chi connectivity index (χ4v) is 2.38. The van der Waals surface area contributed by atoms with E-state index < -0.39 is 0 Å². The zero-order valence-corrected chi connectivity index (χ0v) is 12.1. The molecule has 0 aliphatic rings. The van der Waals surface area contributed by atoms with Gasteiger partial charge in [0.2, 0.25) is 0 Å². The van der Waals surface area contributed by atoms with Crippen LogP contribution in [0.1, 0.15) is 5.56 Å². The van der Waals surface area contributed by atoms with Crippen molar-refractivity contribution in [1.29, 1.82) is 0 Å². The molecule has 0 bridgehead atoms. The summed E-state index contributed by atoms with van der Waals surface area (Å²) in [5, 5.41) is 3.68. The van der Waals surface area contributed by atoms with Gasteiger partial charge in [0.15, 0.2) is 0 Å². The summed E-state index contributed by atoms with van der Waals surface area (Å²) in [5.74, 6) is -0.254. The molecule has 0 aromatic heterocycles. The molecule has 4 heteroatoms. The predicted molar refractivity (Wildman–Crippen MR) is 77.3 cm³/mol. The number of rotatable bonds is 3. The highest BCUT2D eigenvalue weighted by Crippen LogP contribution is 2.29. The van der Waals surface area contributed by atoms with Gasteiger partial charge in [0, 0.05) is 21.6 Å². The van der Waals surface area contributed by atoms with Crippen LogP contribution in [0.15, 0.2) is 40.9 Å². The molecule has 0 heterocycles. The minimum Gasteiger partial charge on any atom is -0.316 e. The van der Waals surface area contributed by atoms with Gasteiger partial charge in [0.05, 0.1) is 0 Å². The Hall–Kier alpha value is -0.900. The van der Waals surface area contributed by atoms with E-state index in [9.17, 15) is 4.39 Å². The summed E-state index contributed by atoms with van der Waals surface area (Å²) >= 11 is 9.52. The average Bonchev–Trinajstić information content (AvgIpc) is 2.35. The van der Waals surface area contributed by atoms with Gasteiger partial charge in [-0.3, -0.25) is 0 Å². The van der Waals surface area contributed by atoms with Gasteiger partial charge < -0.3 is 5.32 Å². The highest BCUT2D eigenvalue weighted by molar-refractivity contribution is 9.10. The summed E-state index contributed by atoms with van der Waals surface area (Å²) in [6, 6.07) is 10.4. The first-order valence-electron chi connectivity index (χ1n) is 5.50.